The van der Waals surface area contributed by atoms with Crippen molar-refractivity contribution < 1.29 is 4.74 Å². The first-order chi connectivity index (χ1) is 8.29. The van der Waals surface area contributed by atoms with Crippen LogP contribution >= 0.6 is 0 Å². The summed E-state index contributed by atoms with van der Waals surface area (Å²) in [4.78, 5) is 2.56. The fourth-order valence-electron chi connectivity index (χ4n) is 2.35. The van der Waals surface area contributed by atoms with E-state index in [-0.39, 0.29) is 0 Å². The van der Waals surface area contributed by atoms with E-state index in [1.165, 1.54) is 5.56 Å². The maximum atomic E-state index is 5.17. The molecule has 1 N–H and O–H groups in total. The van der Waals surface area contributed by atoms with Crippen LogP contribution in [0, 0.1) is 0 Å². The smallest absolute Gasteiger partial charge is 0.118 e. The largest absolute Gasteiger partial charge is 0.497 e. The van der Waals surface area contributed by atoms with Crippen molar-refractivity contribution in [3.05, 3.63) is 29.8 Å². The number of ether oxygens (including phenoxy) is 1. The summed E-state index contributed by atoms with van der Waals surface area (Å²) in [5.74, 6) is 0.934. The van der Waals surface area contributed by atoms with Crippen molar-refractivity contribution >= 4 is 0 Å². The highest BCUT2D eigenvalue weighted by atomic mass is 16.5. The highest BCUT2D eigenvalue weighted by Gasteiger charge is 2.16. The monoisotopic (exact) mass is 234 g/mol. The predicted molar refractivity (Wildman–Crippen MR) is 70.6 cm³/mol. The van der Waals surface area contributed by atoms with Crippen LogP contribution < -0.4 is 10.1 Å². The molecule has 0 spiro atoms. The normalized spacial score (nSPS) is 18.9. The zero-order valence-corrected chi connectivity index (χ0v) is 10.8. The molecule has 1 heterocycles. The van der Waals surface area contributed by atoms with E-state index < -0.39 is 0 Å². The molecule has 0 aromatic heterocycles. The summed E-state index contributed by atoms with van der Waals surface area (Å²) in [5, 5.41) is 3.39. The van der Waals surface area contributed by atoms with Gasteiger partial charge >= 0.3 is 0 Å². The number of nitrogens with zero attached hydrogens (tertiary/aromatic N) is 1. The predicted octanol–water partition coefficient (Wildman–Crippen LogP) is 1.53. The summed E-state index contributed by atoms with van der Waals surface area (Å²) in [6.45, 7) is 6.88. The number of nitrogens with one attached hydrogen (secondary N) is 1. The molecule has 1 aliphatic rings. The molecule has 0 saturated carbocycles. The third-order valence-corrected chi connectivity index (χ3v) is 3.47. The minimum atomic E-state index is 0.616. The molecule has 1 aliphatic heterocycles. The van der Waals surface area contributed by atoms with E-state index in [0.717, 1.165) is 38.3 Å². The fourth-order valence-corrected chi connectivity index (χ4v) is 2.35. The Balaban J connectivity index is 1.89. The van der Waals surface area contributed by atoms with Gasteiger partial charge in [0, 0.05) is 32.2 Å². The summed E-state index contributed by atoms with van der Waals surface area (Å²) in [5.41, 5.74) is 1.39. The van der Waals surface area contributed by atoms with Crippen LogP contribution in [0.4, 0.5) is 0 Å². The minimum Gasteiger partial charge on any atom is -0.497 e. The van der Waals surface area contributed by atoms with Gasteiger partial charge in [0.15, 0.2) is 0 Å². The van der Waals surface area contributed by atoms with E-state index in [2.05, 4.69) is 29.3 Å². The van der Waals surface area contributed by atoms with Crippen molar-refractivity contribution in [2.24, 2.45) is 0 Å². The van der Waals surface area contributed by atoms with E-state index in [4.69, 9.17) is 4.74 Å². The molecule has 1 fully saturated rings. The number of methoxy groups -OCH3 is 1. The van der Waals surface area contributed by atoms with Crippen LogP contribution in [0.25, 0.3) is 0 Å². The number of hydrogen-bond donors (Lipinski definition) is 1. The molecule has 0 aliphatic carbocycles. The first-order valence-electron chi connectivity index (χ1n) is 6.37. The van der Waals surface area contributed by atoms with Crippen LogP contribution in [0.3, 0.4) is 0 Å². The van der Waals surface area contributed by atoms with Gasteiger partial charge in [0.2, 0.25) is 0 Å². The molecule has 1 atom stereocenters. The van der Waals surface area contributed by atoms with Gasteiger partial charge in [-0.3, -0.25) is 4.90 Å². The van der Waals surface area contributed by atoms with Crippen LogP contribution in [0.1, 0.15) is 12.5 Å². The molecule has 1 saturated heterocycles. The molecule has 17 heavy (non-hydrogen) atoms. The van der Waals surface area contributed by atoms with Crippen LogP contribution in [-0.2, 0) is 6.42 Å². The Morgan fingerprint density at radius 2 is 1.88 bits per heavy atom. The van der Waals surface area contributed by atoms with Crippen LogP contribution in [0.2, 0.25) is 0 Å². The lowest BCUT2D eigenvalue weighted by Crippen LogP contribution is -2.48. The number of piperazine rings is 1. The molecular formula is C14H22N2O. The number of hydrogen-bond acceptors (Lipinski definition) is 3. The molecule has 2 rings (SSSR count). The Hall–Kier alpha value is -1.06. The summed E-state index contributed by atoms with van der Waals surface area (Å²) in [6.07, 6.45) is 1.12. The second-order valence-corrected chi connectivity index (χ2v) is 4.69. The molecular weight excluding hydrogens is 212 g/mol. The van der Waals surface area contributed by atoms with Gasteiger partial charge in [-0.1, -0.05) is 12.1 Å². The summed E-state index contributed by atoms with van der Waals surface area (Å²) in [6, 6.07) is 9.03. The Morgan fingerprint density at radius 3 is 2.47 bits per heavy atom. The Morgan fingerprint density at radius 1 is 1.24 bits per heavy atom. The van der Waals surface area contributed by atoms with Crippen LogP contribution in [0.5, 0.6) is 5.75 Å². The molecule has 1 aromatic carbocycles. The van der Waals surface area contributed by atoms with E-state index in [1.54, 1.807) is 7.11 Å². The second kappa shape index (κ2) is 6.03. The van der Waals surface area contributed by atoms with Gasteiger partial charge in [-0.05, 0) is 31.0 Å². The molecule has 3 nitrogen and oxygen atoms in total. The van der Waals surface area contributed by atoms with E-state index in [1.807, 2.05) is 12.1 Å². The van der Waals surface area contributed by atoms with Crippen molar-refractivity contribution in [3.63, 3.8) is 0 Å². The third-order valence-electron chi connectivity index (χ3n) is 3.47. The molecule has 1 aromatic rings. The van der Waals surface area contributed by atoms with Gasteiger partial charge in [0.25, 0.3) is 0 Å². The quantitative estimate of drug-likeness (QED) is 0.855. The van der Waals surface area contributed by atoms with Crippen LogP contribution in [-0.4, -0.2) is 44.2 Å². The number of benzene rings is 1. The average molecular weight is 234 g/mol. The average Bonchev–Trinajstić information content (AvgIpc) is 2.40. The summed E-state index contributed by atoms with van der Waals surface area (Å²) < 4.78 is 5.17. The van der Waals surface area contributed by atoms with Crippen molar-refractivity contribution in [1.82, 2.24) is 10.2 Å². The van der Waals surface area contributed by atoms with Crippen molar-refractivity contribution in [3.8, 4) is 5.75 Å². The second-order valence-electron chi connectivity index (χ2n) is 4.69. The Kier molecular flexibility index (Phi) is 4.40. The van der Waals surface area contributed by atoms with Crippen molar-refractivity contribution in [2.75, 3.05) is 33.3 Å². The lowest BCUT2D eigenvalue weighted by Gasteiger charge is -2.32. The van der Waals surface area contributed by atoms with Gasteiger partial charge in [-0.2, -0.15) is 0 Å². The molecule has 94 valence electrons. The minimum absolute atomic E-state index is 0.616. The Labute approximate surface area is 104 Å². The maximum Gasteiger partial charge on any atom is 0.118 e. The highest BCUT2D eigenvalue weighted by Crippen LogP contribution is 2.14. The van der Waals surface area contributed by atoms with E-state index in [9.17, 15) is 0 Å². The zero-order valence-electron chi connectivity index (χ0n) is 10.8. The summed E-state index contributed by atoms with van der Waals surface area (Å²) in [7, 11) is 1.71. The van der Waals surface area contributed by atoms with E-state index in [0.29, 0.717) is 6.04 Å². The first kappa shape index (κ1) is 12.4. The first-order valence-corrected chi connectivity index (χ1v) is 6.37. The number of rotatable bonds is 4. The maximum absolute atomic E-state index is 5.17. The van der Waals surface area contributed by atoms with Gasteiger partial charge in [-0.25, -0.2) is 0 Å². The lowest BCUT2D eigenvalue weighted by molar-refractivity contribution is 0.183. The molecule has 3 heteroatoms. The van der Waals surface area contributed by atoms with Crippen molar-refractivity contribution in [1.29, 1.82) is 0 Å². The standard InChI is InChI=1S/C14H22N2O/c1-12(16-9-7-15-8-10-16)11-13-3-5-14(17-2)6-4-13/h3-6,12,15H,7-11H2,1-2H3. The molecule has 1 unspecified atom stereocenters. The molecule has 0 bridgehead atoms. The zero-order chi connectivity index (χ0) is 12.1. The highest BCUT2D eigenvalue weighted by molar-refractivity contribution is 5.27. The molecule has 0 amide bonds. The fraction of sp³-hybridized carbons (Fsp3) is 0.571. The van der Waals surface area contributed by atoms with Crippen LogP contribution in [0.15, 0.2) is 24.3 Å². The third kappa shape index (κ3) is 3.45. The lowest BCUT2D eigenvalue weighted by atomic mass is 10.1. The van der Waals surface area contributed by atoms with Gasteiger partial charge < -0.3 is 10.1 Å². The van der Waals surface area contributed by atoms with Crippen molar-refractivity contribution in [2.45, 2.75) is 19.4 Å². The molecule has 0 radical (unpaired) electrons. The van der Waals surface area contributed by atoms with Gasteiger partial charge in [-0.15, -0.1) is 0 Å². The van der Waals surface area contributed by atoms with E-state index >= 15 is 0 Å². The SMILES string of the molecule is COc1ccc(CC(C)N2CCNCC2)cc1. The summed E-state index contributed by atoms with van der Waals surface area (Å²) >= 11 is 0. The topological polar surface area (TPSA) is 24.5 Å². The van der Waals surface area contributed by atoms with Gasteiger partial charge in [0.1, 0.15) is 5.75 Å². The Bertz CT molecular complexity index is 331. The van der Waals surface area contributed by atoms with Gasteiger partial charge in [0.05, 0.1) is 7.11 Å².